The molecule has 0 aliphatic heterocycles. The molecule has 0 amide bonds. The van der Waals surface area contributed by atoms with Gasteiger partial charge in [-0.2, -0.15) is 0 Å². The van der Waals surface area contributed by atoms with Gasteiger partial charge in [0.2, 0.25) is 0 Å². The monoisotopic (exact) mass is 287 g/mol. The SMILES string of the molecule is C=C(C)C(=O)OCCOCc1ccc([B-](F)(F)F)cc1. The fourth-order valence-electron chi connectivity index (χ4n) is 1.34. The van der Waals surface area contributed by atoms with Crippen molar-refractivity contribution in [1.82, 2.24) is 0 Å². The second-order valence-electron chi connectivity index (χ2n) is 4.29. The van der Waals surface area contributed by atoms with Crippen molar-refractivity contribution in [2.24, 2.45) is 0 Å². The van der Waals surface area contributed by atoms with Gasteiger partial charge < -0.3 is 22.4 Å². The number of rotatable bonds is 7. The first-order chi connectivity index (χ1) is 9.30. The second-order valence-corrected chi connectivity index (χ2v) is 4.29. The van der Waals surface area contributed by atoms with E-state index < -0.39 is 18.4 Å². The Hall–Kier alpha value is -1.76. The zero-order chi connectivity index (χ0) is 15.2. The first-order valence-corrected chi connectivity index (χ1v) is 6.00. The van der Waals surface area contributed by atoms with E-state index in [4.69, 9.17) is 9.47 Å². The van der Waals surface area contributed by atoms with E-state index in [1.54, 1.807) is 0 Å². The summed E-state index contributed by atoms with van der Waals surface area (Å²) in [5, 5.41) is 0. The zero-order valence-corrected chi connectivity index (χ0v) is 11.1. The van der Waals surface area contributed by atoms with Gasteiger partial charge >= 0.3 is 12.9 Å². The van der Waals surface area contributed by atoms with Crippen molar-refractivity contribution >= 4 is 18.4 Å². The molecule has 1 rings (SSSR count). The van der Waals surface area contributed by atoms with Crippen molar-refractivity contribution < 1.29 is 27.2 Å². The highest BCUT2D eigenvalue weighted by Gasteiger charge is 2.24. The predicted octanol–water partition coefficient (Wildman–Crippen LogP) is 2.38. The molecular weight excluding hydrogens is 272 g/mol. The summed E-state index contributed by atoms with van der Waals surface area (Å²) in [6, 6.07) is 4.79. The van der Waals surface area contributed by atoms with Gasteiger partial charge in [-0.3, -0.25) is 0 Å². The van der Waals surface area contributed by atoms with Gasteiger partial charge in [0.15, 0.2) is 0 Å². The summed E-state index contributed by atoms with van der Waals surface area (Å²) < 4.78 is 47.2. The Bertz CT molecular complexity index is 469. The number of esters is 1. The highest BCUT2D eigenvalue weighted by molar-refractivity contribution is 6.73. The van der Waals surface area contributed by atoms with Crippen LogP contribution in [0.1, 0.15) is 12.5 Å². The van der Waals surface area contributed by atoms with Gasteiger partial charge in [0.05, 0.1) is 13.2 Å². The summed E-state index contributed by atoms with van der Waals surface area (Å²) in [6.45, 7) is 0.406. The third-order valence-electron chi connectivity index (χ3n) is 2.44. The molecule has 20 heavy (non-hydrogen) atoms. The molecule has 0 atom stereocenters. The number of halogens is 3. The third kappa shape index (κ3) is 5.48. The van der Waals surface area contributed by atoms with Gasteiger partial charge in [-0.1, -0.05) is 30.8 Å². The van der Waals surface area contributed by atoms with Crippen LogP contribution in [-0.4, -0.2) is 26.2 Å². The first kappa shape index (κ1) is 16.3. The number of carbonyl (C=O) groups is 1. The lowest BCUT2D eigenvalue weighted by molar-refractivity contribution is -0.140. The molecule has 0 aliphatic carbocycles. The van der Waals surface area contributed by atoms with Crippen molar-refractivity contribution in [3.63, 3.8) is 0 Å². The number of hydrogen-bond acceptors (Lipinski definition) is 3. The summed E-state index contributed by atoms with van der Waals surface area (Å²) in [7, 11) is 0. The summed E-state index contributed by atoms with van der Waals surface area (Å²) in [5.41, 5.74) is 0.291. The molecule has 0 saturated heterocycles. The maximum atomic E-state index is 12.4. The van der Waals surface area contributed by atoms with Crippen LogP contribution < -0.4 is 5.46 Å². The summed E-state index contributed by atoms with van der Waals surface area (Å²) >= 11 is 0. The van der Waals surface area contributed by atoms with Gasteiger partial charge in [0, 0.05) is 5.57 Å². The van der Waals surface area contributed by atoms with Crippen molar-refractivity contribution in [3.8, 4) is 0 Å². The molecular formula is C13H15BF3O3-. The third-order valence-corrected chi connectivity index (χ3v) is 2.44. The normalized spacial score (nSPS) is 11.2. The Balaban J connectivity index is 2.29. The summed E-state index contributed by atoms with van der Waals surface area (Å²) in [6.07, 6.45) is 0. The van der Waals surface area contributed by atoms with E-state index in [9.17, 15) is 17.7 Å². The number of ether oxygens (including phenoxy) is 2. The van der Waals surface area contributed by atoms with Gasteiger partial charge in [-0.05, 0) is 12.5 Å². The van der Waals surface area contributed by atoms with Crippen LogP contribution in [-0.2, 0) is 20.9 Å². The summed E-state index contributed by atoms with van der Waals surface area (Å²) in [4.78, 5) is 11.0. The molecule has 0 unspecified atom stereocenters. The number of benzene rings is 1. The van der Waals surface area contributed by atoms with E-state index >= 15 is 0 Å². The maximum Gasteiger partial charge on any atom is 0.509 e. The number of hydrogen-bond donors (Lipinski definition) is 0. The maximum absolute atomic E-state index is 12.4. The van der Waals surface area contributed by atoms with E-state index in [0.717, 1.165) is 12.1 Å². The molecule has 110 valence electrons. The Labute approximate surface area is 115 Å². The van der Waals surface area contributed by atoms with Gasteiger partial charge in [0.25, 0.3) is 0 Å². The van der Waals surface area contributed by atoms with Crippen molar-refractivity contribution in [2.75, 3.05) is 13.2 Å². The van der Waals surface area contributed by atoms with E-state index in [2.05, 4.69) is 6.58 Å². The molecule has 0 spiro atoms. The minimum atomic E-state index is -4.96. The summed E-state index contributed by atoms with van der Waals surface area (Å²) in [5.74, 6) is -0.495. The molecule has 1 aromatic rings. The minimum absolute atomic E-state index is 0.0788. The van der Waals surface area contributed by atoms with E-state index in [1.807, 2.05) is 0 Å². The molecule has 0 bridgehead atoms. The molecule has 1 aromatic carbocycles. The van der Waals surface area contributed by atoms with E-state index in [-0.39, 0.29) is 19.8 Å². The standard InChI is InChI=1S/C13H15BF3O3/c1-10(2)13(18)20-8-7-19-9-11-3-5-12(6-4-11)14(15,16)17/h3-6H,1,7-9H2,2H3/q-1. The van der Waals surface area contributed by atoms with Gasteiger partial charge in [-0.25, -0.2) is 4.79 Å². The Kier molecular flexibility index (Phi) is 5.82. The highest BCUT2D eigenvalue weighted by Crippen LogP contribution is 2.10. The highest BCUT2D eigenvalue weighted by atomic mass is 19.4. The van der Waals surface area contributed by atoms with Crippen LogP contribution in [0.25, 0.3) is 0 Å². The molecule has 0 saturated carbocycles. The lowest BCUT2D eigenvalue weighted by Gasteiger charge is -2.14. The Morgan fingerprint density at radius 3 is 2.30 bits per heavy atom. The smallest absolute Gasteiger partial charge is 0.460 e. The van der Waals surface area contributed by atoms with Crippen LogP contribution in [0.15, 0.2) is 36.4 Å². The Morgan fingerprint density at radius 1 is 1.20 bits per heavy atom. The minimum Gasteiger partial charge on any atom is -0.460 e. The predicted molar refractivity (Wildman–Crippen MR) is 70.6 cm³/mol. The molecule has 0 aliphatic rings. The molecule has 7 heteroatoms. The van der Waals surface area contributed by atoms with E-state index in [1.165, 1.54) is 19.1 Å². The van der Waals surface area contributed by atoms with Crippen LogP contribution in [0.2, 0.25) is 0 Å². The molecule has 0 radical (unpaired) electrons. The largest absolute Gasteiger partial charge is 0.509 e. The molecule has 0 fully saturated rings. The molecule has 0 N–H and O–H groups in total. The molecule has 0 aromatic heterocycles. The first-order valence-electron chi connectivity index (χ1n) is 6.00. The van der Waals surface area contributed by atoms with Crippen molar-refractivity contribution in [1.29, 1.82) is 0 Å². The molecule has 3 nitrogen and oxygen atoms in total. The van der Waals surface area contributed by atoms with Crippen molar-refractivity contribution in [2.45, 2.75) is 13.5 Å². The topological polar surface area (TPSA) is 35.5 Å². The molecule has 0 heterocycles. The average molecular weight is 287 g/mol. The number of carbonyl (C=O) groups excluding carboxylic acids is 1. The van der Waals surface area contributed by atoms with Crippen LogP contribution in [0.5, 0.6) is 0 Å². The fraction of sp³-hybridized carbons (Fsp3) is 0.308. The Morgan fingerprint density at radius 2 is 1.80 bits per heavy atom. The van der Waals surface area contributed by atoms with Crippen LogP contribution in [0, 0.1) is 0 Å². The quantitative estimate of drug-likeness (QED) is 0.334. The second kappa shape index (κ2) is 7.14. The lowest BCUT2D eigenvalue weighted by atomic mass is 9.80. The zero-order valence-electron chi connectivity index (χ0n) is 11.1. The lowest BCUT2D eigenvalue weighted by Crippen LogP contribution is -2.33. The van der Waals surface area contributed by atoms with Crippen LogP contribution in [0.4, 0.5) is 12.9 Å². The fourth-order valence-corrected chi connectivity index (χ4v) is 1.34. The van der Waals surface area contributed by atoms with Crippen LogP contribution in [0.3, 0.4) is 0 Å². The van der Waals surface area contributed by atoms with Gasteiger partial charge in [0.1, 0.15) is 6.61 Å². The van der Waals surface area contributed by atoms with Crippen molar-refractivity contribution in [3.05, 3.63) is 42.0 Å². The van der Waals surface area contributed by atoms with E-state index in [0.29, 0.717) is 11.1 Å². The van der Waals surface area contributed by atoms with Gasteiger partial charge in [-0.15, -0.1) is 5.46 Å². The average Bonchev–Trinajstić information content (AvgIpc) is 2.37. The van der Waals surface area contributed by atoms with Crippen LogP contribution >= 0.6 is 0 Å².